The summed E-state index contributed by atoms with van der Waals surface area (Å²) in [6.45, 7) is 4.58. The first-order valence-corrected chi connectivity index (χ1v) is 10.7. The predicted octanol–water partition coefficient (Wildman–Crippen LogP) is 5.32. The van der Waals surface area contributed by atoms with E-state index in [1.807, 2.05) is 41.8 Å². The van der Waals surface area contributed by atoms with E-state index in [1.165, 1.54) is 17.8 Å². The summed E-state index contributed by atoms with van der Waals surface area (Å²) in [6.07, 6.45) is 1.74. The first kappa shape index (κ1) is 20.3. The number of halogens is 1. The average molecular weight is 424 g/mol. The Morgan fingerprint density at radius 2 is 1.83 bits per heavy atom. The van der Waals surface area contributed by atoms with Crippen LogP contribution in [0.4, 0.5) is 4.39 Å². The first-order valence-electron chi connectivity index (χ1n) is 9.87. The van der Waals surface area contributed by atoms with Crippen molar-refractivity contribution < 1.29 is 8.91 Å². The molecule has 0 aliphatic heterocycles. The minimum absolute atomic E-state index is 0.115. The summed E-state index contributed by atoms with van der Waals surface area (Å²) in [5.74, 6) is 1.41. The Morgan fingerprint density at radius 3 is 2.60 bits per heavy atom. The largest absolute Gasteiger partial charge is 0.338 e. The van der Waals surface area contributed by atoms with Crippen molar-refractivity contribution >= 4 is 11.8 Å². The molecule has 2 aromatic carbocycles. The first-order chi connectivity index (χ1) is 14.7. The van der Waals surface area contributed by atoms with E-state index in [0.29, 0.717) is 34.8 Å². The molecule has 0 N–H and O–H groups in total. The van der Waals surface area contributed by atoms with E-state index < -0.39 is 0 Å². The molecule has 2 heterocycles. The molecular weight excluding hydrogens is 401 g/mol. The van der Waals surface area contributed by atoms with E-state index in [0.717, 1.165) is 18.4 Å². The molecule has 4 rings (SSSR count). The third-order valence-electron chi connectivity index (χ3n) is 4.60. The number of hydrogen-bond acceptors (Lipinski definition) is 6. The molecule has 0 saturated carbocycles. The van der Waals surface area contributed by atoms with Crippen molar-refractivity contribution in [3.05, 3.63) is 77.7 Å². The van der Waals surface area contributed by atoms with Gasteiger partial charge in [-0.25, -0.2) is 4.39 Å². The number of hydrogen-bond donors (Lipinski definition) is 0. The molecule has 0 radical (unpaired) electrons. The van der Waals surface area contributed by atoms with E-state index in [2.05, 4.69) is 27.3 Å². The predicted molar refractivity (Wildman–Crippen MR) is 114 cm³/mol. The van der Waals surface area contributed by atoms with Gasteiger partial charge >= 0.3 is 0 Å². The van der Waals surface area contributed by atoms with Crippen LogP contribution in [0.25, 0.3) is 11.4 Å². The summed E-state index contributed by atoms with van der Waals surface area (Å²) in [5, 5.41) is 13.3. The smallest absolute Gasteiger partial charge is 0.239 e. The van der Waals surface area contributed by atoms with Crippen molar-refractivity contribution in [2.24, 2.45) is 0 Å². The van der Waals surface area contributed by atoms with Gasteiger partial charge in [0.05, 0.1) is 17.4 Å². The summed E-state index contributed by atoms with van der Waals surface area (Å²) >= 11 is 1.47. The lowest BCUT2D eigenvalue weighted by Crippen LogP contribution is -2.05. The van der Waals surface area contributed by atoms with Crippen LogP contribution in [0.5, 0.6) is 0 Å². The molecule has 2 aromatic heterocycles. The monoisotopic (exact) mass is 423 g/mol. The highest BCUT2D eigenvalue weighted by Crippen LogP contribution is 2.35. The Morgan fingerprint density at radius 1 is 1.07 bits per heavy atom. The van der Waals surface area contributed by atoms with Gasteiger partial charge < -0.3 is 4.52 Å². The van der Waals surface area contributed by atoms with Crippen LogP contribution in [0, 0.1) is 5.82 Å². The summed E-state index contributed by atoms with van der Waals surface area (Å²) in [4.78, 5) is 4.47. The topological polar surface area (TPSA) is 69.6 Å². The quantitative estimate of drug-likeness (QED) is 0.357. The maximum atomic E-state index is 14.5. The van der Waals surface area contributed by atoms with Crippen LogP contribution in [0.3, 0.4) is 0 Å². The second-order valence-electron chi connectivity index (χ2n) is 6.92. The summed E-state index contributed by atoms with van der Waals surface area (Å²) in [6, 6.07) is 16.6. The third kappa shape index (κ3) is 4.43. The standard InChI is InChI=1S/C22H22FN5OS/c1-3-9-19-24-21(29-27-19)15(2)30-22-26-25-20(17-12-7-8-13-18(17)23)28(22)14-16-10-5-4-6-11-16/h4-8,10-13,15H,3,9,14H2,1-2H3/t15-/m1/s1. The fourth-order valence-corrected chi connectivity index (χ4v) is 3.97. The van der Waals surface area contributed by atoms with Crippen LogP contribution in [-0.2, 0) is 13.0 Å². The number of aromatic nitrogens is 5. The Labute approximate surface area is 178 Å². The van der Waals surface area contributed by atoms with E-state index in [4.69, 9.17) is 4.52 Å². The van der Waals surface area contributed by atoms with Crippen LogP contribution in [0.2, 0.25) is 0 Å². The highest BCUT2D eigenvalue weighted by molar-refractivity contribution is 7.99. The number of aryl methyl sites for hydroxylation is 1. The summed E-state index contributed by atoms with van der Waals surface area (Å²) in [5.41, 5.74) is 1.50. The van der Waals surface area contributed by atoms with Gasteiger partial charge in [0.1, 0.15) is 5.82 Å². The molecule has 8 heteroatoms. The molecule has 0 unspecified atom stereocenters. The van der Waals surface area contributed by atoms with Crippen molar-refractivity contribution in [1.82, 2.24) is 24.9 Å². The molecular formula is C22H22FN5OS. The zero-order valence-corrected chi connectivity index (χ0v) is 17.6. The fourth-order valence-electron chi connectivity index (χ4n) is 3.09. The molecule has 6 nitrogen and oxygen atoms in total. The maximum Gasteiger partial charge on any atom is 0.239 e. The fraction of sp³-hybridized carbons (Fsp3) is 0.273. The number of rotatable bonds is 8. The van der Waals surface area contributed by atoms with Crippen molar-refractivity contribution in [3.8, 4) is 11.4 Å². The normalized spacial score (nSPS) is 12.2. The molecule has 0 saturated heterocycles. The Kier molecular flexibility index (Phi) is 6.23. The van der Waals surface area contributed by atoms with Crippen molar-refractivity contribution in [2.75, 3.05) is 0 Å². The number of benzene rings is 2. The lowest BCUT2D eigenvalue weighted by molar-refractivity contribution is 0.374. The Bertz CT molecular complexity index is 1110. The van der Waals surface area contributed by atoms with Gasteiger partial charge in [0.25, 0.3) is 0 Å². The number of nitrogens with zero attached hydrogens (tertiary/aromatic N) is 5. The molecule has 154 valence electrons. The van der Waals surface area contributed by atoms with E-state index in [1.54, 1.807) is 18.2 Å². The maximum absolute atomic E-state index is 14.5. The molecule has 0 aliphatic rings. The van der Waals surface area contributed by atoms with Crippen molar-refractivity contribution in [1.29, 1.82) is 0 Å². The van der Waals surface area contributed by atoms with Crippen LogP contribution < -0.4 is 0 Å². The molecule has 0 bridgehead atoms. The van der Waals surface area contributed by atoms with Crippen LogP contribution in [0.1, 0.15) is 42.8 Å². The molecule has 0 fully saturated rings. The van der Waals surface area contributed by atoms with Gasteiger partial charge in [0.15, 0.2) is 16.8 Å². The summed E-state index contributed by atoms with van der Waals surface area (Å²) in [7, 11) is 0. The Balaban J connectivity index is 1.67. The highest BCUT2D eigenvalue weighted by atomic mass is 32.2. The third-order valence-corrected chi connectivity index (χ3v) is 5.67. The number of thioether (sulfide) groups is 1. The van der Waals surface area contributed by atoms with Crippen LogP contribution >= 0.6 is 11.8 Å². The van der Waals surface area contributed by atoms with Crippen LogP contribution in [-0.4, -0.2) is 24.9 Å². The van der Waals surface area contributed by atoms with E-state index >= 15 is 0 Å². The lowest BCUT2D eigenvalue weighted by atomic mass is 10.2. The molecule has 0 aliphatic carbocycles. The molecule has 1 atom stereocenters. The zero-order valence-electron chi connectivity index (χ0n) is 16.8. The minimum atomic E-state index is -0.329. The second kappa shape index (κ2) is 9.21. The Hall–Kier alpha value is -3.00. The van der Waals surface area contributed by atoms with Gasteiger partial charge in [-0.15, -0.1) is 10.2 Å². The van der Waals surface area contributed by atoms with Gasteiger partial charge in [-0.1, -0.05) is 66.3 Å². The van der Waals surface area contributed by atoms with E-state index in [9.17, 15) is 4.39 Å². The van der Waals surface area contributed by atoms with Crippen molar-refractivity contribution in [2.45, 2.75) is 43.6 Å². The molecule has 0 amide bonds. The van der Waals surface area contributed by atoms with Crippen LogP contribution in [0.15, 0.2) is 64.3 Å². The van der Waals surface area contributed by atoms with Gasteiger partial charge in [0.2, 0.25) is 5.89 Å². The highest BCUT2D eigenvalue weighted by Gasteiger charge is 2.22. The zero-order chi connectivity index (χ0) is 20.9. The lowest BCUT2D eigenvalue weighted by Gasteiger charge is -2.12. The SMILES string of the molecule is CCCc1noc([C@@H](C)Sc2nnc(-c3ccccc3F)n2Cc2ccccc2)n1. The van der Waals surface area contributed by atoms with E-state index in [-0.39, 0.29) is 11.1 Å². The summed E-state index contributed by atoms with van der Waals surface area (Å²) < 4.78 is 21.8. The van der Waals surface area contributed by atoms with Gasteiger partial charge in [0, 0.05) is 6.42 Å². The average Bonchev–Trinajstić information content (AvgIpc) is 3.37. The van der Waals surface area contributed by atoms with Gasteiger partial charge in [-0.05, 0) is 31.0 Å². The molecule has 4 aromatic rings. The molecule has 0 spiro atoms. The second-order valence-corrected chi connectivity index (χ2v) is 8.22. The van der Waals surface area contributed by atoms with Gasteiger partial charge in [-0.2, -0.15) is 4.98 Å². The van der Waals surface area contributed by atoms with Crippen molar-refractivity contribution in [3.63, 3.8) is 0 Å². The minimum Gasteiger partial charge on any atom is -0.338 e. The molecule has 30 heavy (non-hydrogen) atoms. The van der Waals surface area contributed by atoms with Gasteiger partial charge in [-0.3, -0.25) is 4.57 Å².